The summed E-state index contributed by atoms with van der Waals surface area (Å²) in [5, 5.41) is 0. The molecule has 168 valence electrons. The van der Waals surface area contributed by atoms with E-state index in [1.54, 1.807) is 0 Å². The van der Waals surface area contributed by atoms with Crippen LogP contribution in [-0.2, 0) is 52.0 Å². The van der Waals surface area contributed by atoms with Gasteiger partial charge < -0.3 is 5.71 Å². The SMILES string of the molecule is O=S(=O)(O)O.O=S(=O)(O)O.O=S(=O)(O)O.O=S(=O)(O)O.O=S(=O)(O)O.[H-].[H-].[H-].[H-].[Mg+2].[Mg+2]. The van der Waals surface area contributed by atoms with E-state index in [1.165, 1.54) is 0 Å². The Labute approximate surface area is 190 Å². The van der Waals surface area contributed by atoms with Crippen LogP contribution in [0, 0.1) is 0 Å². The third-order valence-corrected chi connectivity index (χ3v) is 0. The van der Waals surface area contributed by atoms with Crippen molar-refractivity contribution in [3.63, 3.8) is 0 Å². The standard InChI is InChI=1S/2Mg.5H2O4S.4H/c;;5*1-5(2,3)4;;;;/h;;5*(H2,1,2,3,4);;;;/q2*+2;;;;;;4*-1. The molecule has 0 spiro atoms. The van der Waals surface area contributed by atoms with Gasteiger partial charge in [-0.2, -0.15) is 42.1 Å². The van der Waals surface area contributed by atoms with Gasteiger partial charge in [0.15, 0.2) is 0 Å². The molecule has 0 aliphatic heterocycles. The Morgan fingerprint density at radius 3 is 0.296 bits per heavy atom. The van der Waals surface area contributed by atoms with Crippen LogP contribution in [-0.4, -0.2) is 134 Å². The maximum absolute atomic E-state index is 8.74. The fourth-order valence-electron chi connectivity index (χ4n) is 0. The minimum Gasteiger partial charge on any atom is -1.00 e. The number of rotatable bonds is 0. The molecule has 20 nitrogen and oxygen atoms in total. The second-order valence-corrected chi connectivity index (χ2v) is 6.72. The molecule has 0 aliphatic rings. The molecule has 27 heteroatoms. The third kappa shape index (κ3) is 21400. The average Bonchev–Trinajstić information content (AvgIpc) is 1.79. The summed E-state index contributed by atoms with van der Waals surface area (Å²) in [7, 11) is -23.3. The predicted molar refractivity (Wildman–Crippen MR) is 86.8 cm³/mol. The smallest absolute Gasteiger partial charge is 1.00 e. The summed E-state index contributed by atoms with van der Waals surface area (Å²) in [6.07, 6.45) is 0. The molecule has 0 atom stereocenters. The van der Waals surface area contributed by atoms with E-state index >= 15 is 0 Å². The molecule has 0 aliphatic carbocycles. The molecular weight excluding hydrogens is 529 g/mol. The van der Waals surface area contributed by atoms with Crippen LogP contribution < -0.4 is 0 Å². The van der Waals surface area contributed by atoms with Crippen LogP contribution in [0.25, 0.3) is 0 Å². The van der Waals surface area contributed by atoms with Crippen LogP contribution in [0.15, 0.2) is 0 Å². The molecule has 0 aromatic rings. The van der Waals surface area contributed by atoms with Crippen molar-refractivity contribution in [2.75, 3.05) is 0 Å². The van der Waals surface area contributed by atoms with Crippen LogP contribution in [0.2, 0.25) is 0 Å². The van der Waals surface area contributed by atoms with Crippen molar-refractivity contribution in [2.45, 2.75) is 0 Å². The van der Waals surface area contributed by atoms with E-state index in [1.807, 2.05) is 0 Å². The van der Waals surface area contributed by atoms with Gasteiger partial charge in [-0.1, -0.05) is 0 Å². The van der Waals surface area contributed by atoms with Gasteiger partial charge in [-0.25, -0.2) is 0 Å². The maximum atomic E-state index is 8.74. The summed E-state index contributed by atoms with van der Waals surface area (Å²) >= 11 is 0. The second-order valence-electron chi connectivity index (χ2n) is 2.24. The van der Waals surface area contributed by atoms with Crippen molar-refractivity contribution in [3.8, 4) is 0 Å². The van der Waals surface area contributed by atoms with Gasteiger partial charge in [-0.3, -0.25) is 45.5 Å². The van der Waals surface area contributed by atoms with Crippen LogP contribution in [0.5, 0.6) is 0 Å². The van der Waals surface area contributed by atoms with E-state index in [0.717, 1.165) is 0 Å². The van der Waals surface area contributed by atoms with E-state index < -0.39 is 52.0 Å². The summed E-state index contributed by atoms with van der Waals surface area (Å²) in [5.41, 5.74) is 0. The van der Waals surface area contributed by atoms with Gasteiger partial charge in [0.05, 0.1) is 0 Å². The molecule has 0 bridgehead atoms. The zero-order valence-corrected chi connectivity index (χ0v) is 18.9. The van der Waals surface area contributed by atoms with Crippen molar-refractivity contribution in [1.29, 1.82) is 0 Å². The van der Waals surface area contributed by atoms with E-state index in [4.69, 9.17) is 87.6 Å². The molecule has 10 N–H and O–H groups in total. The molecule has 0 aromatic heterocycles. The normalized spacial score (nSPS) is 10.7. The quantitative estimate of drug-likeness (QED) is 0.104. The molecule has 0 saturated carbocycles. The zero-order chi connectivity index (χ0) is 22.5. The Bertz CT molecular complexity index is 636. The Balaban J connectivity index is -0.0000000171. The first-order valence-corrected chi connectivity index (χ1v) is 10.5. The first kappa shape index (κ1) is 46.2. The third-order valence-electron chi connectivity index (χ3n) is 0. The molecule has 0 radical (unpaired) electrons. The topological polar surface area (TPSA) is 373 Å². The van der Waals surface area contributed by atoms with Gasteiger partial charge in [0.25, 0.3) is 0 Å². The summed E-state index contributed by atoms with van der Waals surface area (Å²) in [6.45, 7) is 0. The van der Waals surface area contributed by atoms with Gasteiger partial charge in [0, 0.05) is 0 Å². The predicted octanol–water partition coefficient (Wildman–Crippen LogP) is -3.58. The Morgan fingerprint density at radius 1 is 0.296 bits per heavy atom. The largest absolute Gasteiger partial charge is 2.00 e. The van der Waals surface area contributed by atoms with Crippen molar-refractivity contribution < 1.29 is 93.3 Å². The van der Waals surface area contributed by atoms with Crippen molar-refractivity contribution in [2.24, 2.45) is 0 Å². The van der Waals surface area contributed by atoms with E-state index in [-0.39, 0.29) is 51.8 Å². The molecule has 27 heavy (non-hydrogen) atoms. The second kappa shape index (κ2) is 18.9. The summed E-state index contributed by atoms with van der Waals surface area (Å²) < 4.78 is 158. The van der Waals surface area contributed by atoms with Crippen molar-refractivity contribution in [1.82, 2.24) is 0 Å². The van der Waals surface area contributed by atoms with Crippen LogP contribution in [0.4, 0.5) is 0 Å². The minimum atomic E-state index is -4.67. The first-order chi connectivity index (χ1) is 10.0. The Morgan fingerprint density at radius 2 is 0.296 bits per heavy atom. The summed E-state index contributed by atoms with van der Waals surface area (Å²) in [6, 6.07) is 0. The molecule has 0 fully saturated rings. The fourth-order valence-corrected chi connectivity index (χ4v) is 0. The van der Waals surface area contributed by atoms with Gasteiger partial charge in [0.1, 0.15) is 0 Å². The van der Waals surface area contributed by atoms with Crippen LogP contribution >= 0.6 is 0 Å². The van der Waals surface area contributed by atoms with E-state index in [2.05, 4.69) is 0 Å². The van der Waals surface area contributed by atoms with Gasteiger partial charge in [-0.05, 0) is 0 Å². The van der Waals surface area contributed by atoms with Gasteiger partial charge in [0.2, 0.25) is 0 Å². The van der Waals surface area contributed by atoms with E-state index in [0.29, 0.717) is 0 Å². The number of hydrogen-bond acceptors (Lipinski definition) is 10. The molecular formula is H14Mg2O20S5. The van der Waals surface area contributed by atoms with Crippen LogP contribution in [0.3, 0.4) is 0 Å². The molecule has 0 saturated heterocycles. The molecule has 0 aromatic carbocycles. The average molecular weight is 543 g/mol. The monoisotopic (exact) mass is 542 g/mol. The van der Waals surface area contributed by atoms with Crippen molar-refractivity contribution in [3.05, 3.63) is 0 Å². The number of hydrogen-bond donors (Lipinski definition) is 10. The van der Waals surface area contributed by atoms with Crippen LogP contribution in [0.1, 0.15) is 5.71 Å². The van der Waals surface area contributed by atoms with E-state index in [9.17, 15) is 0 Å². The fraction of sp³-hybridized carbons (Fsp3) is 0. The molecule has 0 heterocycles. The molecule has 0 unspecified atom stereocenters. The molecule has 0 amide bonds. The first-order valence-electron chi connectivity index (χ1n) is 3.49. The summed E-state index contributed by atoms with van der Waals surface area (Å²) in [5.74, 6) is 0. The molecule has 0 rings (SSSR count). The summed E-state index contributed by atoms with van der Waals surface area (Å²) in [4.78, 5) is 0. The minimum absolute atomic E-state index is 0. The van der Waals surface area contributed by atoms with Gasteiger partial charge in [-0.15, -0.1) is 0 Å². The van der Waals surface area contributed by atoms with Gasteiger partial charge >= 0.3 is 98.1 Å². The zero-order valence-electron chi connectivity index (χ0n) is 16.0. The Kier molecular flexibility index (Phi) is 32.3. The maximum Gasteiger partial charge on any atom is 2.00 e. The van der Waals surface area contributed by atoms with Crippen molar-refractivity contribution >= 4 is 98.1 Å². The Hall–Kier alpha value is 0.882.